The zero-order valence-electron chi connectivity index (χ0n) is 9.57. The number of carbonyl (C=O) groups excluding carboxylic acids is 1. The first kappa shape index (κ1) is 13.0. The lowest BCUT2D eigenvalue weighted by Crippen LogP contribution is -2.35. The molecule has 0 bridgehead atoms. The van der Waals surface area contributed by atoms with Gasteiger partial charge in [-0.05, 0) is 18.8 Å². The van der Waals surface area contributed by atoms with Gasteiger partial charge in [-0.25, -0.2) is 0 Å². The third-order valence-corrected chi connectivity index (χ3v) is 2.90. The molecule has 2 N–H and O–H groups in total. The van der Waals surface area contributed by atoms with E-state index in [0.29, 0.717) is 5.92 Å². The zero-order chi connectivity index (χ0) is 12.0. The van der Waals surface area contributed by atoms with Crippen LogP contribution in [0.4, 0.5) is 0 Å². The Hall–Kier alpha value is -1.10. The Morgan fingerprint density at radius 1 is 1.38 bits per heavy atom. The normalized spacial score (nSPS) is 25.1. The molecule has 0 aromatic rings. The van der Waals surface area contributed by atoms with Crippen LogP contribution in [0.25, 0.3) is 0 Å². The maximum Gasteiger partial charge on any atom is 0.322 e. The summed E-state index contributed by atoms with van der Waals surface area (Å²) in [6, 6.07) is 0. The van der Waals surface area contributed by atoms with Gasteiger partial charge in [-0.3, -0.25) is 9.59 Å². The van der Waals surface area contributed by atoms with E-state index >= 15 is 0 Å². The quantitative estimate of drug-likeness (QED) is 0.730. The van der Waals surface area contributed by atoms with E-state index in [1.54, 1.807) is 0 Å². The highest BCUT2D eigenvalue weighted by Crippen LogP contribution is 2.25. The molecule has 2 unspecified atom stereocenters. The van der Waals surface area contributed by atoms with E-state index in [1.165, 1.54) is 6.42 Å². The van der Waals surface area contributed by atoms with E-state index in [-0.39, 0.29) is 25.2 Å². The molecular weight excluding hydrogens is 210 g/mol. The van der Waals surface area contributed by atoms with E-state index in [1.807, 2.05) is 0 Å². The van der Waals surface area contributed by atoms with E-state index in [4.69, 9.17) is 9.84 Å². The molecule has 1 rings (SSSR count). The highest BCUT2D eigenvalue weighted by Gasteiger charge is 2.22. The molecule has 1 fully saturated rings. The van der Waals surface area contributed by atoms with Gasteiger partial charge < -0.3 is 15.2 Å². The predicted molar refractivity (Wildman–Crippen MR) is 58.0 cm³/mol. The minimum atomic E-state index is -1.04. The number of hydrogen-bond acceptors (Lipinski definition) is 3. The fraction of sp³-hybridized carbons (Fsp3) is 0.818. The molecule has 16 heavy (non-hydrogen) atoms. The molecule has 0 heterocycles. The summed E-state index contributed by atoms with van der Waals surface area (Å²) in [5.41, 5.74) is 0. The molecule has 92 valence electrons. The van der Waals surface area contributed by atoms with Crippen LogP contribution in [-0.4, -0.2) is 36.2 Å². The number of carboxylic acid groups (broad SMARTS) is 1. The number of ether oxygens (including phenoxy) is 1. The number of rotatable bonds is 5. The highest BCUT2D eigenvalue weighted by molar-refractivity contribution is 5.81. The lowest BCUT2D eigenvalue weighted by Gasteiger charge is -2.28. The smallest absolute Gasteiger partial charge is 0.322 e. The average molecular weight is 229 g/mol. The zero-order valence-corrected chi connectivity index (χ0v) is 9.57. The summed E-state index contributed by atoms with van der Waals surface area (Å²) in [6.45, 7) is 1.74. The number of aliphatic carboxylic acids is 1. The minimum Gasteiger partial charge on any atom is -0.480 e. The Morgan fingerprint density at radius 3 is 2.69 bits per heavy atom. The van der Waals surface area contributed by atoms with Crippen molar-refractivity contribution in [2.75, 3.05) is 13.2 Å². The first-order valence-corrected chi connectivity index (χ1v) is 5.69. The van der Waals surface area contributed by atoms with Crippen molar-refractivity contribution in [3.8, 4) is 0 Å². The fourth-order valence-corrected chi connectivity index (χ4v) is 1.94. The standard InChI is InChI=1S/C11H19NO4/c1-8-4-2-3-5-9(8)16-7-10(13)12-6-11(14)15/h8-9H,2-7H2,1H3,(H,12,13)(H,14,15). The lowest BCUT2D eigenvalue weighted by atomic mass is 9.88. The molecule has 0 saturated heterocycles. The second kappa shape index (κ2) is 6.48. The summed E-state index contributed by atoms with van der Waals surface area (Å²) in [5, 5.41) is 10.6. The molecule has 0 radical (unpaired) electrons. The first-order chi connectivity index (χ1) is 7.59. The van der Waals surface area contributed by atoms with Crippen LogP contribution in [0.2, 0.25) is 0 Å². The summed E-state index contributed by atoms with van der Waals surface area (Å²) in [7, 11) is 0. The van der Waals surface area contributed by atoms with Crippen molar-refractivity contribution in [2.24, 2.45) is 5.92 Å². The van der Waals surface area contributed by atoms with Gasteiger partial charge in [0.1, 0.15) is 13.2 Å². The Balaban J connectivity index is 2.17. The van der Waals surface area contributed by atoms with Crippen LogP contribution in [0.5, 0.6) is 0 Å². The van der Waals surface area contributed by atoms with Crippen molar-refractivity contribution in [3.05, 3.63) is 0 Å². The van der Waals surface area contributed by atoms with Gasteiger partial charge in [0.15, 0.2) is 0 Å². The fourth-order valence-electron chi connectivity index (χ4n) is 1.94. The molecule has 0 aliphatic heterocycles. The van der Waals surface area contributed by atoms with Crippen molar-refractivity contribution in [1.29, 1.82) is 0 Å². The van der Waals surface area contributed by atoms with Gasteiger partial charge >= 0.3 is 5.97 Å². The lowest BCUT2D eigenvalue weighted by molar-refractivity contribution is -0.139. The number of carbonyl (C=O) groups is 2. The van der Waals surface area contributed by atoms with Crippen LogP contribution in [0, 0.1) is 5.92 Å². The van der Waals surface area contributed by atoms with Crippen molar-refractivity contribution in [1.82, 2.24) is 5.32 Å². The maximum absolute atomic E-state index is 11.2. The van der Waals surface area contributed by atoms with Crippen molar-refractivity contribution in [2.45, 2.75) is 38.7 Å². The molecule has 0 aromatic heterocycles. The second-order valence-corrected chi connectivity index (χ2v) is 4.28. The van der Waals surface area contributed by atoms with Crippen LogP contribution in [0.1, 0.15) is 32.6 Å². The molecule has 5 heteroatoms. The average Bonchev–Trinajstić information content (AvgIpc) is 2.25. The van der Waals surface area contributed by atoms with Gasteiger partial charge in [0.2, 0.25) is 5.91 Å². The number of carboxylic acids is 1. The van der Waals surface area contributed by atoms with Crippen LogP contribution >= 0.6 is 0 Å². The topological polar surface area (TPSA) is 75.6 Å². The van der Waals surface area contributed by atoms with Crippen molar-refractivity contribution < 1.29 is 19.4 Å². The molecule has 1 aliphatic carbocycles. The molecule has 1 aliphatic rings. The van der Waals surface area contributed by atoms with Gasteiger partial charge in [-0.1, -0.05) is 19.8 Å². The van der Waals surface area contributed by atoms with Crippen LogP contribution in [0.15, 0.2) is 0 Å². The summed E-state index contributed by atoms with van der Waals surface area (Å²) >= 11 is 0. The summed E-state index contributed by atoms with van der Waals surface area (Å²) in [4.78, 5) is 21.4. The van der Waals surface area contributed by atoms with E-state index in [2.05, 4.69) is 12.2 Å². The largest absolute Gasteiger partial charge is 0.480 e. The van der Waals surface area contributed by atoms with E-state index in [0.717, 1.165) is 19.3 Å². The Morgan fingerprint density at radius 2 is 2.06 bits per heavy atom. The SMILES string of the molecule is CC1CCCCC1OCC(=O)NCC(=O)O. The van der Waals surface area contributed by atoms with Gasteiger partial charge in [0, 0.05) is 0 Å². The molecule has 0 aromatic carbocycles. The summed E-state index contributed by atoms with van der Waals surface area (Å²) in [5.74, 6) is -0.916. The molecular formula is C11H19NO4. The molecule has 2 atom stereocenters. The van der Waals surface area contributed by atoms with Crippen LogP contribution in [0.3, 0.4) is 0 Å². The minimum absolute atomic E-state index is 0.0394. The number of amides is 1. The third kappa shape index (κ3) is 4.61. The predicted octanol–water partition coefficient (Wildman–Crippen LogP) is 0.782. The monoisotopic (exact) mass is 229 g/mol. The van der Waals surface area contributed by atoms with Gasteiger partial charge in [0.25, 0.3) is 0 Å². The Bertz CT molecular complexity index is 254. The highest BCUT2D eigenvalue weighted by atomic mass is 16.5. The number of nitrogens with one attached hydrogen (secondary N) is 1. The maximum atomic E-state index is 11.2. The Labute approximate surface area is 95.2 Å². The van der Waals surface area contributed by atoms with Gasteiger partial charge in [-0.15, -0.1) is 0 Å². The number of hydrogen-bond donors (Lipinski definition) is 2. The van der Waals surface area contributed by atoms with Crippen LogP contribution in [-0.2, 0) is 14.3 Å². The molecule has 1 saturated carbocycles. The second-order valence-electron chi connectivity index (χ2n) is 4.28. The van der Waals surface area contributed by atoms with Gasteiger partial charge in [0.05, 0.1) is 6.10 Å². The molecule has 5 nitrogen and oxygen atoms in total. The molecule has 1 amide bonds. The summed E-state index contributed by atoms with van der Waals surface area (Å²) < 4.78 is 5.48. The van der Waals surface area contributed by atoms with E-state index < -0.39 is 5.97 Å². The van der Waals surface area contributed by atoms with E-state index in [9.17, 15) is 9.59 Å². The third-order valence-electron chi connectivity index (χ3n) is 2.90. The van der Waals surface area contributed by atoms with Crippen molar-refractivity contribution in [3.63, 3.8) is 0 Å². The van der Waals surface area contributed by atoms with Crippen LogP contribution < -0.4 is 5.32 Å². The molecule has 0 spiro atoms. The first-order valence-electron chi connectivity index (χ1n) is 5.69. The summed E-state index contributed by atoms with van der Waals surface area (Å²) in [6.07, 6.45) is 4.65. The van der Waals surface area contributed by atoms with Gasteiger partial charge in [-0.2, -0.15) is 0 Å². The Kier molecular flexibility index (Phi) is 5.25. The van der Waals surface area contributed by atoms with Crippen molar-refractivity contribution >= 4 is 11.9 Å².